The molecular formula is C24H28O3. The van der Waals surface area contributed by atoms with Crippen LogP contribution in [0.2, 0.25) is 0 Å². The Morgan fingerprint density at radius 3 is 2.33 bits per heavy atom. The number of hydrogen-bond donors (Lipinski definition) is 2. The molecule has 2 aliphatic carbocycles. The van der Waals surface area contributed by atoms with Crippen LogP contribution in [-0.4, -0.2) is 21.8 Å². The summed E-state index contributed by atoms with van der Waals surface area (Å²) < 4.78 is 0. The van der Waals surface area contributed by atoms with E-state index in [0.717, 1.165) is 24.0 Å². The summed E-state index contributed by atoms with van der Waals surface area (Å²) in [5, 5.41) is 20.4. The van der Waals surface area contributed by atoms with Crippen LogP contribution in [0.4, 0.5) is 0 Å². The Morgan fingerprint density at radius 1 is 1.11 bits per heavy atom. The molecule has 0 heterocycles. The minimum Gasteiger partial charge on any atom is -0.479 e. The first-order valence-electron chi connectivity index (χ1n) is 9.46. The Labute approximate surface area is 161 Å². The van der Waals surface area contributed by atoms with Gasteiger partial charge in [0.05, 0.1) is 5.92 Å². The van der Waals surface area contributed by atoms with E-state index in [1.807, 2.05) is 12.1 Å². The summed E-state index contributed by atoms with van der Waals surface area (Å²) in [5.41, 5.74) is 2.48. The molecule has 0 radical (unpaired) electrons. The molecule has 0 aliphatic heterocycles. The largest absolute Gasteiger partial charge is 0.479 e. The minimum atomic E-state index is -2.02. The van der Waals surface area contributed by atoms with Crippen molar-refractivity contribution >= 4 is 11.5 Å². The highest BCUT2D eigenvalue weighted by Gasteiger charge is 2.45. The number of hydrogen-bond acceptors (Lipinski definition) is 2. The Kier molecular flexibility index (Phi) is 4.60. The van der Waals surface area contributed by atoms with Crippen molar-refractivity contribution in [2.45, 2.75) is 63.9 Å². The van der Waals surface area contributed by atoms with Crippen molar-refractivity contribution in [3.05, 3.63) is 53.1 Å². The van der Waals surface area contributed by atoms with Crippen molar-refractivity contribution in [2.24, 2.45) is 5.92 Å². The van der Waals surface area contributed by atoms with Gasteiger partial charge in [-0.3, -0.25) is 0 Å². The smallest absolute Gasteiger partial charge is 0.341 e. The first kappa shape index (κ1) is 19.5. The normalized spacial score (nSPS) is 27.8. The first-order chi connectivity index (χ1) is 12.5. The van der Waals surface area contributed by atoms with E-state index in [9.17, 15) is 15.0 Å². The Morgan fingerprint density at radius 2 is 1.74 bits per heavy atom. The number of carbonyl (C=O) groups is 1. The third-order valence-electron chi connectivity index (χ3n) is 6.19. The number of carboxylic acids is 1. The second-order valence-electron chi connectivity index (χ2n) is 8.97. The zero-order valence-electron chi connectivity index (χ0n) is 16.8. The molecule has 0 fully saturated rings. The molecular weight excluding hydrogens is 336 g/mol. The van der Waals surface area contributed by atoms with E-state index in [4.69, 9.17) is 0 Å². The van der Waals surface area contributed by atoms with Crippen LogP contribution in [0.15, 0.2) is 36.4 Å². The van der Waals surface area contributed by atoms with Gasteiger partial charge in [0.1, 0.15) is 0 Å². The lowest BCUT2D eigenvalue weighted by Crippen LogP contribution is -2.45. The van der Waals surface area contributed by atoms with Crippen molar-refractivity contribution in [3.63, 3.8) is 0 Å². The maximum absolute atomic E-state index is 11.8. The minimum absolute atomic E-state index is 0.0565. The fraction of sp³-hybridized carbons (Fsp3) is 0.458. The van der Waals surface area contributed by atoms with Gasteiger partial charge in [-0.1, -0.05) is 64.0 Å². The molecule has 2 aliphatic rings. The fourth-order valence-corrected chi connectivity index (χ4v) is 4.29. The lowest BCUT2D eigenvalue weighted by molar-refractivity contribution is -0.155. The van der Waals surface area contributed by atoms with Crippen LogP contribution in [0.25, 0.3) is 5.57 Å². The van der Waals surface area contributed by atoms with Crippen LogP contribution in [0, 0.1) is 17.8 Å². The zero-order valence-corrected chi connectivity index (χ0v) is 16.8. The molecule has 27 heavy (non-hydrogen) atoms. The molecule has 2 atom stereocenters. The average molecular weight is 364 g/mol. The van der Waals surface area contributed by atoms with Gasteiger partial charge in [-0.25, -0.2) is 4.79 Å². The molecule has 2 N–H and O–H groups in total. The molecule has 0 bridgehead atoms. The summed E-state index contributed by atoms with van der Waals surface area (Å²) >= 11 is 0. The van der Waals surface area contributed by atoms with Crippen molar-refractivity contribution < 1.29 is 15.0 Å². The van der Waals surface area contributed by atoms with E-state index in [0.29, 0.717) is 0 Å². The van der Waals surface area contributed by atoms with Gasteiger partial charge in [0.25, 0.3) is 0 Å². The lowest BCUT2D eigenvalue weighted by Gasteiger charge is -2.42. The van der Waals surface area contributed by atoms with Crippen LogP contribution >= 0.6 is 0 Å². The van der Waals surface area contributed by atoms with E-state index in [1.165, 1.54) is 17.2 Å². The predicted molar refractivity (Wildman–Crippen MR) is 108 cm³/mol. The highest BCUT2D eigenvalue weighted by molar-refractivity contribution is 5.88. The van der Waals surface area contributed by atoms with Crippen LogP contribution in [0.1, 0.15) is 64.2 Å². The van der Waals surface area contributed by atoms with Crippen molar-refractivity contribution in [3.8, 4) is 11.8 Å². The first-order valence-corrected chi connectivity index (χ1v) is 9.46. The van der Waals surface area contributed by atoms with E-state index >= 15 is 0 Å². The van der Waals surface area contributed by atoms with Crippen LogP contribution in [-0.2, 0) is 15.6 Å². The standard InChI is InChI=1S/C24H28O3/c1-6-8-18-17(9-7-12-24(18,27)21(25)26)16-10-11-19-20(15-16)23(4,5)14-13-22(19,2)3/h7,9-12,15,18,27H,13-14H2,1-5H3,(H,25,26). The highest BCUT2D eigenvalue weighted by Crippen LogP contribution is 2.47. The number of fused-ring (bicyclic) bond motifs is 1. The Hall–Kier alpha value is -2.31. The molecule has 0 aromatic heterocycles. The molecule has 3 nitrogen and oxygen atoms in total. The van der Waals surface area contributed by atoms with Gasteiger partial charge < -0.3 is 10.2 Å². The molecule has 2 unspecified atom stereocenters. The summed E-state index contributed by atoms with van der Waals surface area (Å²) in [6.07, 6.45) is 7.05. The van der Waals surface area contributed by atoms with Crippen LogP contribution in [0.5, 0.6) is 0 Å². The fourth-order valence-electron chi connectivity index (χ4n) is 4.29. The molecule has 1 aromatic rings. The molecule has 1 aromatic carbocycles. The topological polar surface area (TPSA) is 57.5 Å². The number of aliphatic carboxylic acids is 1. The van der Waals surface area contributed by atoms with Crippen LogP contribution < -0.4 is 0 Å². The van der Waals surface area contributed by atoms with E-state index in [-0.39, 0.29) is 10.8 Å². The van der Waals surface area contributed by atoms with Crippen LogP contribution in [0.3, 0.4) is 0 Å². The number of rotatable bonds is 2. The molecule has 142 valence electrons. The van der Waals surface area contributed by atoms with Gasteiger partial charge in [0.15, 0.2) is 5.60 Å². The summed E-state index contributed by atoms with van der Waals surface area (Å²) in [6.45, 7) is 10.7. The maximum Gasteiger partial charge on any atom is 0.341 e. The monoisotopic (exact) mass is 364 g/mol. The predicted octanol–water partition coefficient (Wildman–Crippen LogP) is 4.44. The van der Waals surface area contributed by atoms with Crippen molar-refractivity contribution in [2.75, 3.05) is 0 Å². The van der Waals surface area contributed by atoms with E-state index in [2.05, 4.69) is 51.7 Å². The van der Waals surface area contributed by atoms with Gasteiger partial charge in [-0.05, 0) is 58.9 Å². The Bertz CT molecular complexity index is 905. The SMILES string of the molecule is CC#CC1C(c2ccc3c(c2)C(C)(C)CCC3(C)C)=CC=CC1(O)C(=O)O. The van der Waals surface area contributed by atoms with Gasteiger partial charge in [0, 0.05) is 0 Å². The van der Waals surface area contributed by atoms with E-state index in [1.54, 1.807) is 13.0 Å². The third kappa shape index (κ3) is 3.13. The second-order valence-corrected chi connectivity index (χ2v) is 8.97. The number of carboxylic acid groups (broad SMARTS) is 1. The third-order valence-corrected chi connectivity index (χ3v) is 6.19. The molecule has 0 saturated carbocycles. The summed E-state index contributed by atoms with van der Waals surface area (Å²) in [6, 6.07) is 6.38. The molecule has 0 amide bonds. The quantitative estimate of drug-likeness (QED) is 0.763. The van der Waals surface area contributed by atoms with E-state index < -0.39 is 17.5 Å². The van der Waals surface area contributed by atoms with Crippen molar-refractivity contribution in [1.82, 2.24) is 0 Å². The molecule has 0 spiro atoms. The maximum atomic E-state index is 11.8. The number of allylic oxidation sites excluding steroid dienone is 2. The average Bonchev–Trinajstić information content (AvgIpc) is 2.60. The lowest BCUT2D eigenvalue weighted by atomic mass is 9.62. The van der Waals surface area contributed by atoms with Crippen molar-refractivity contribution in [1.29, 1.82) is 0 Å². The van der Waals surface area contributed by atoms with Gasteiger partial charge in [-0.15, -0.1) is 5.92 Å². The number of benzene rings is 1. The summed E-state index contributed by atoms with van der Waals surface area (Å²) in [7, 11) is 0. The summed E-state index contributed by atoms with van der Waals surface area (Å²) in [4.78, 5) is 11.8. The summed E-state index contributed by atoms with van der Waals surface area (Å²) in [5.74, 6) is 3.63. The molecule has 0 saturated heterocycles. The number of aliphatic hydroxyl groups is 1. The van der Waals surface area contributed by atoms with Gasteiger partial charge >= 0.3 is 5.97 Å². The van der Waals surface area contributed by atoms with Gasteiger partial charge in [0.2, 0.25) is 0 Å². The zero-order chi connectivity index (χ0) is 20.0. The van der Waals surface area contributed by atoms with Gasteiger partial charge in [-0.2, -0.15) is 0 Å². The Balaban J connectivity index is 2.16. The second kappa shape index (κ2) is 6.39. The molecule has 3 heteroatoms. The highest BCUT2D eigenvalue weighted by atomic mass is 16.4. The molecule has 3 rings (SSSR count).